The molecule has 0 saturated carbocycles. The molecular weight excluding hydrogens is 279 g/mol. The highest BCUT2D eigenvalue weighted by Gasteiger charge is 2.21. The fourth-order valence-electron chi connectivity index (χ4n) is 1.86. The Morgan fingerprint density at radius 3 is 2.50 bits per heavy atom. The zero-order chi connectivity index (χ0) is 14.7. The summed E-state index contributed by atoms with van der Waals surface area (Å²) >= 11 is 5.93. The third-order valence-corrected chi connectivity index (χ3v) is 3.00. The molecule has 0 fully saturated rings. The molecule has 2 rings (SSSR count). The smallest absolute Gasteiger partial charge is 0.201 e. The predicted octanol–water partition coefficient (Wildman–Crippen LogP) is 4.50. The van der Waals surface area contributed by atoms with Crippen LogP contribution in [0.2, 0.25) is 5.02 Å². The van der Waals surface area contributed by atoms with Crippen molar-refractivity contribution in [1.29, 1.82) is 0 Å². The standard InChI is InChI=1S/C16H14ClFO2/c1-10(2)20-14-9-4-3-6-11(14)16(19)15-12(17)7-5-8-13(15)18/h3-10H,1-2H3. The molecule has 0 spiro atoms. The molecule has 20 heavy (non-hydrogen) atoms. The molecule has 0 bridgehead atoms. The average molecular weight is 293 g/mol. The van der Waals surface area contributed by atoms with Crippen molar-refractivity contribution in [3.63, 3.8) is 0 Å². The first-order chi connectivity index (χ1) is 9.50. The number of para-hydroxylation sites is 1. The molecule has 0 aliphatic rings. The highest BCUT2D eigenvalue weighted by Crippen LogP contribution is 2.27. The molecule has 104 valence electrons. The molecule has 2 aromatic rings. The topological polar surface area (TPSA) is 26.3 Å². The van der Waals surface area contributed by atoms with Crippen LogP contribution in [0, 0.1) is 5.82 Å². The van der Waals surface area contributed by atoms with Gasteiger partial charge in [0.15, 0.2) is 0 Å². The lowest BCUT2D eigenvalue weighted by Gasteiger charge is -2.14. The van der Waals surface area contributed by atoms with Gasteiger partial charge in [-0.05, 0) is 38.1 Å². The third kappa shape index (κ3) is 2.99. The first-order valence-electron chi connectivity index (χ1n) is 6.25. The van der Waals surface area contributed by atoms with Crippen molar-refractivity contribution in [1.82, 2.24) is 0 Å². The lowest BCUT2D eigenvalue weighted by Crippen LogP contribution is -2.12. The normalized spacial score (nSPS) is 10.7. The van der Waals surface area contributed by atoms with E-state index in [0.717, 1.165) is 0 Å². The second-order valence-electron chi connectivity index (χ2n) is 4.59. The Kier molecular flexibility index (Phi) is 4.40. The molecular formula is C16H14ClFO2. The number of hydrogen-bond donors (Lipinski definition) is 0. The maximum Gasteiger partial charge on any atom is 0.201 e. The molecule has 0 saturated heterocycles. The summed E-state index contributed by atoms with van der Waals surface area (Å²) in [7, 11) is 0. The largest absolute Gasteiger partial charge is 0.490 e. The van der Waals surface area contributed by atoms with Gasteiger partial charge in [-0.15, -0.1) is 0 Å². The van der Waals surface area contributed by atoms with Crippen LogP contribution in [0.1, 0.15) is 29.8 Å². The van der Waals surface area contributed by atoms with E-state index in [-0.39, 0.29) is 16.7 Å². The Labute approximate surface area is 122 Å². The molecule has 2 nitrogen and oxygen atoms in total. The Morgan fingerprint density at radius 1 is 1.15 bits per heavy atom. The summed E-state index contributed by atoms with van der Waals surface area (Å²) in [6.07, 6.45) is -0.0833. The Morgan fingerprint density at radius 2 is 1.85 bits per heavy atom. The summed E-state index contributed by atoms with van der Waals surface area (Å²) in [5.41, 5.74) is 0.169. The predicted molar refractivity (Wildman–Crippen MR) is 77.0 cm³/mol. The zero-order valence-corrected chi connectivity index (χ0v) is 11.9. The number of ketones is 1. The summed E-state index contributed by atoms with van der Waals surface area (Å²) in [6.45, 7) is 3.72. The van der Waals surface area contributed by atoms with Crippen molar-refractivity contribution in [2.75, 3.05) is 0 Å². The fraction of sp³-hybridized carbons (Fsp3) is 0.188. The van der Waals surface area contributed by atoms with E-state index in [1.165, 1.54) is 18.2 Å². The van der Waals surface area contributed by atoms with E-state index in [2.05, 4.69) is 0 Å². The van der Waals surface area contributed by atoms with E-state index in [1.54, 1.807) is 24.3 Å². The molecule has 2 aromatic carbocycles. The highest BCUT2D eigenvalue weighted by molar-refractivity contribution is 6.35. The summed E-state index contributed by atoms with van der Waals surface area (Å²) in [5.74, 6) is -0.696. The minimum absolute atomic E-state index is 0.0833. The quantitative estimate of drug-likeness (QED) is 0.776. The van der Waals surface area contributed by atoms with Gasteiger partial charge in [-0.25, -0.2) is 4.39 Å². The minimum Gasteiger partial charge on any atom is -0.490 e. The summed E-state index contributed by atoms with van der Waals surface area (Å²) < 4.78 is 19.4. The maximum atomic E-state index is 13.8. The summed E-state index contributed by atoms with van der Waals surface area (Å²) in [5, 5.41) is 0.0920. The van der Waals surface area contributed by atoms with Crippen LogP contribution in [0.25, 0.3) is 0 Å². The first kappa shape index (κ1) is 14.5. The second kappa shape index (κ2) is 6.06. The lowest BCUT2D eigenvalue weighted by molar-refractivity contribution is 0.102. The molecule has 0 unspecified atom stereocenters. The van der Waals surface area contributed by atoms with Gasteiger partial charge in [-0.3, -0.25) is 4.79 Å². The number of rotatable bonds is 4. The van der Waals surface area contributed by atoms with Crippen LogP contribution in [0.4, 0.5) is 4.39 Å². The van der Waals surface area contributed by atoms with Crippen LogP contribution < -0.4 is 4.74 Å². The van der Waals surface area contributed by atoms with Crippen molar-refractivity contribution in [2.24, 2.45) is 0 Å². The fourth-order valence-corrected chi connectivity index (χ4v) is 2.11. The molecule has 4 heteroatoms. The van der Waals surface area contributed by atoms with Crippen LogP contribution in [0.5, 0.6) is 5.75 Å². The molecule has 0 radical (unpaired) electrons. The van der Waals surface area contributed by atoms with E-state index in [4.69, 9.17) is 16.3 Å². The Balaban J connectivity index is 2.49. The molecule has 0 aliphatic carbocycles. The minimum atomic E-state index is -0.637. The van der Waals surface area contributed by atoms with E-state index in [1.807, 2.05) is 13.8 Å². The number of carbonyl (C=O) groups is 1. The molecule has 0 aliphatic heterocycles. The number of halogens is 2. The van der Waals surface area contributed by atoms with Crippen molar-refractivity contribution < 1.29 is 13.9 Å². The molecule has 0 atom stereocenters. The monoisotopic (exact) mass is 292 g/mol. The van der Waals surface area contributed by atoms with Crippen LogP contribution in [0.15, 0.2) is 42.5 Å². The van der Waals surface area contributed by atoms with Gasteiger partial charge in [-0.2, -0.15) is 0 Å². The van der Waals surface area contributed by atoms with E-state index in [0.29, 0.717) is 11.3 Å². The highest BCUT2D eigenvalue weighted by atomic mass is 35.5. The average Bonchev–Trinajstić information content (AvgIpc) is 2.38. The first-order valence-corrected chi connectivity index (χ1v) is 6.63. The van der Waals surface area contributed by atoms with Crippen LogP contribution in [-0.4, -0.2) is 11.9 Å². The van der Waals surface area contributed by atoms with Crippen molar-refractivity contribution in [3.8, 4) is 5.75 Å². The molecule has 0 N–H and O–H groups in total. The lowest BCUT2D eigenvalue weighted by atomic mass is 10.0. The number of carbonyl (C=O) groups excluding carboxylic acids is 1. The van der Waals surface area contributed by atoms with Gasteiger partial charge in [0.2, 0.25) is 5.78 Å². The van der Waals surface area contributed by atoms with Gasteiger partial charge in [0.05, 0.1) is 22.3 Å². The van der Waals surface area contributed by atoms with E-state index < -0.39 is 11.6 Å². The van der Waals surface area contributed by atoms with Crippen LogP contribution in [-0.2, 0) is 0 Å². The Hall–Kier alpha value is -1.87. The maximum absolute atomic E-state index is 13.8. The Bertz CT molecular complexity index is 618. The van der Waals surface area contributed by atoms with Gasteiger partial charge in [-0.1, -0.05) is 29.8 Å². The molecule has 0 aromatic heterocycles. The van der Waals surface area contributed by atoms with Crippen LogP contribution in [0.3, 0.4) is 0 Å². The number of ether oxygens (including phenoxy) is 1. The van der Waals surface area contributed by atoms with E-state index in [9.17, 15) is 9.18 Å². The number of hydrogen-bond acceptors (Lipinski definition) is 2. The molecule has 0 amide bonds. The van der Waals surface area contributed by atoms with Gasteiger partial charge in [0.1, 0.15) is 11.6 Å². The van der Waals surface area contributed by atoms with Crippen molar-refractivity contribution in [2.45, 2.75) is 20.0 Å². The van der Waals surface area contributed by atoms with Crippen molar-refractivity contribution in [3.05, 3.63) is 64.4 Å². The van der Waals surface area contributed by atoms with Gasteiger partial charge < -0.3 is 4.74 Å². The van der Waals surface area contributed by atoms with Gasteiger partial charge in [0.25, 0.3) is 0 Å². The van der Waals surface area contributed by atoms with E-state index >= 15 is 0 Å². The zero-order valence-electron chi connectivity index (χ0n) is 11.2. The third-order valence-electron chi connectivity index (χ3n) is 2.68. The number of benzene rings is 2. The second-order valence-corrected chi connectivity index (χ2v) is 5.00. The summed E-state index contributed by atoms with van der Waals surface area (Å²) in [4.78, 5) is 12.5. The van der Waals surface area contributed by atoms with Crippen LogP contribution >= 0.6 is 11.6 Å². The molecule has 0 heterocycles. The summed E-state index contributed by atoms with van der Waals surface area (Å²) in [6, 6.07) is 10.9. The van der Waals surface area contributed by atoms with Gasteiger partial charge in [0, 0.05) is 0 Å². The van der Waals surface area contributed by atoms with Gasteiger partial charge >= 0.3 is 0 Å². The SMILES string of the molecule is CC(C)Oc1ccccc1C(=O)c1c(F)cccc1Cl. The van der Waals surface area contributed by atoms with Crippen molar-refractivity contribution >= 4 is 17.4 Å².